The van der Waals surface area contributed by atoms with Crippen LogP contribution in [0.1, 0.15) is 18.9 Å². The van der Waals surface area contributed by atoms with Crippen molar-refractivity contribution in [1.29, 1.82) is 10.5 Å². The number of nitrogens with one attached hydrogen (secondary N) is 1. The first-order valence-electron chi connectivity index (χ1n) is 6.59. The van der Waals surface area contributed by atoms with Gasteiger partial charge in [-0.2, -0.15) is 10.5 Å². The topological polar surface area (TPSA) is 177 Å². The van der Waals surface area contributed by atoms with E-state index in [2.05, 4.69) is 5.32 Å². The Morgan fingerprint density at radius 3 is 2.24 bits per heavy atom. The van der Waals surface area contributed by atoms with Crippen molar-refractivity contribution < 1.29 is 24.7 Å². The fourth-order valence-electron chi connectivity index (χ4n) is 1.50. The van der Waals surface area contributed by atoms with Crippen LogP contribution in [-0.4, -0.2) is 27.0 Å². The summed E-state index contributed by atoms with van der Waals surface area (Å²) in [5.74, 6) is -2.23. The number of aryl methyl sites for hydroxylation is 1. The minimum Gasteiger partial charge on any atom is -0.511 e. The van der Waals surface area contributed by atoms with Gasteiger partial charge in [0.1, 0.15) is 18.2 Å². The van der Waals surface area contributed by atoms with Gasteiger partial charge < -0.3 is 15.5 Å². The molecule has 10 nitrogen and oxygen atoms in total. The summed E-state index contributed by atoms with van der Waals surface area (Å²) in [6, 6.07) is 7.07. The Kier molecular flexibility index (Phi) is 8.41. The lowest BCUT2D eigenvalue weighted by Crippen LogP contribution is -2.15. The maximum atomic E-state index is 11.6. The Hall–Kier alpha value is -3.92. The van der Waals surface area contributed by atoms with Gasteiger partial charge in [0.25, 0.3) is 11.6 Å². The first kappa shape index (κ1) is 21.1. The van der Waals surface area contributed by atoms with Gasteiger partial charge in [0.15, 0.2) is 5.57 Å². The molecule has 0 aliphatic carbocycles. The molecule has 0 aromatic heterocycles. The minimum absolute atomic E-state index is 0.0626. The molecule has 0 unspecified atom stereocenters. The fourth-order valence-corrected chi connectivity index (χ4v) is 1.50. The Bertz CT molecular complexity index is 797. The van der Waals surface area contributed by atoms with Crippen LogP contribution in [0, 0.1) is 39.7 Å². The van der Waals surface area contributed by atoms with E-state index in [1.165, 1.54) is 38.1 Å². The quantitative estimate of drug-likeness (QED) is 0.244. The molecule has 1 rings (SSSR count). The normalized spacial score (nSPS) is 10.1. The van der Waals surface area contributed by atoms with Gasteiger partial charge in [-0.1, -0.05) is 0 Å². The van der Waals surface area contributed by atoms with Gasteiger partial charge in [-0.05, 0) is 26.0 Å². The molecular formula is C15H14N4O6. The fraction of sp³-hybridized carbons (Fsp3) is 0.200. The van der Waals surface area contributed by atoms with E-state index < -0.39 is 34.6 Å². The molecule has 0 radical (unpaired) electrons. The van der Waals surface area contributed by atoms with Crippen LogP contribution < -0.4 is 5.32 Å². The van der Waals surface area contributed by atoms with E-state index >= 15 is 0 Å². The molecule has 130 valence electrons. The molecule has 3 N–H and O–H groups in total. The zero-order valence-corrected chi connectivity index (χ0v) is 13.3. The molecule has 0 fully saturated rings. The van der Waals surface area contributed by atoms with Crippen molar-refractivity contribution in [2.75, 3.05) is 5.32 Å². The van der Waals surface area contributed by atoms with Crippen LogP contribution in [0.25, 0.3) is 0 Å². The summed E-state index contributed by atoms with van der Waals surface area (Å²) in [5, 5.41) is 46.1. The second kappa shape index (κ2) is 9.97. The van der Waals surface area contributed by atoms with Gasteiger partial charge in [-0.3, -0.25) is 19.7 Å². The number of hydrogen-bond acceptors (Lipinski definition) is 7. The number of nitro benzene ring substituents is 1. The monoisotopic (exact) mass is 346 g/mol. The highest BCUT2D eigenvalue weighted by Gasteiger charge is 2.15. The molecule has 1 aromatic carbocycles. The van der Waals surface area contributed by atoms with Gasteiger partial charge in [-0.25, -0.2) is 0 Å². The molecule has 0 bridgehead atoms. The number of nitriles is 2. The lowest BCUT2D eigenvalue weighted by atomic mass is 10.1. The van der Waals surface area contributed by atoms with Crippen molar-refractivity contribution in [3.63, 3.8) is 0 Å². The SMILES string of the molecule is CC(O)=C(C#N)C(=O)Nc1ccc([N+](=O)[O-])c(C)c1.N#CCC(=O)O. The smallest absolute Gasteiger partial charge is 0.317 e. The third kappa shape index (κ3) is 7.25. The average molecular weight is 346 g/mol. The molecule has 0 aliphatic heterocycles. The number of amides is 1. The highest BCUT2D eigenvalue weighted by atomic mass is 16.6. The van der Waals surface area contributed by atoms with E-state index in [1.54, 1.807) is 6.07 Å². The number of hydrogen-bond donors (Lipinski definition) is 3. The Labute approximate surface area is 142 Å². The summed E-state index contributed by atoms with van der Waals surface area (Å²) in [6.45, 7) is 2.76. The first-order chi connectivity index (χ1) is 11.6. The molecular weight excluding hydrogens is 332 g/mol. The van der Waals surface area contributed by atoms with Gasteiger partial charge >= 0.3 is 5.97 Å². The Morgan fingerprint density at radius 2 is 1.92 bits per heavy atom. The summed E-state index contributed by atoms with van der Waals surface area (Å²) in [7, 11) is 0. The maximum absolute atomic E-state index is 11.6. The molecule has 25 heavy (non-hydrogen) atoms. The van der Waals surface area contributed by atoms with E-state index in [9.17, 15) is 19.7 Å². The Balaban J connectivity index is 0.000000823. The van der Waals surface area contributed by atoms with E-state index in [0.717, 1.165) is 0 Å². The molecule has 10 heteroatoms. The van der Waals surface area contributed by atoms with Crippen LogP contribution in [-0.2, 0) is 9.59 Å². The number of aliphatic hydroxyl groups excluding tert-OH is 1. The van der Waals surface area contributed by atoms with Crippen LogP contribution in [0.5, 0.6) is 0 Å². The molecule has 0 spiro atoms. The number of allylic oxidation sites excluding steroid dienone is 1. The van der Waals surface area contributed by atoms with Gasteiger partial charge in [0.2, 0.25) is 0 Å². The number of nitro groups is 1. The van der Waals surface area contributed by atoms with Gasteiger partial charge in [-0.15, -0.1) is 0 Å². The van der Waals surface area contributed by atoms with Crippen molar-refractivity contribution >= 4 is 23.3 Å². The summed E-state index contributed by atoms with van der Waals surface area (Å²) in [4.78, 5) is 31.1. The average Bonchev–Trinajstić information content (AvgIpc) is 2.47. The van der Waals surface area contributed by atoms with Crippen LogP contribution >= 0.6 is 0 Å². The number of anilines is 1. The van der Waals surface area contributed by atoms with Crippen molar-refractivity contribution in [2.24, 2.45) is 0 Å². The van der Waals surface area contributed by atoms with Crippen molar-refractivity contribution in [1.82, 2.24) is 0 Å². The molecule has 0 aliphatic rings. The summed E-state index contributed by atoms with van der Waals surface area (Å²) >= 11 is 0. The number of carboxylic acid groups (broad SMARTS) is 1. The van der Waals surface area contributed by atoms with Crippen molar-refractivity contribution in [2.45, 2.75) is 20.3 Å². The van der Waals surface area contributed by atoms with Crippen molar-refractivity contribution in [3.05, 3.63) is 45.2 Å². The number of nitrogens with zero attached hydrogens (tertiary/aromatic N) is 3. The van der Waals surface area contributed by atoms with E-state index in [-0.39, 0.29) is 5.69 Å². The minimum atomic E-state index is -1.07. The zero-order valence-electron chi connectivity index (χ0n) is 13.3. The van der Waals surface area contributed by atoms with Crippen LogP contribution in [0.15, 0.2) is 29.5 Å². The van der Waals surface area contributed by atoms with Crippen LogP contribution in [0.4, 0.5) is 11.4 Å². The second-order valence-electron chi connectivity index (χ2n) is 4.51. The summed E-state index contributed by atoms with van der Waals surface area (Å²) < 4.78 is 0. The van der Waals surface area contributed by atoms with E-state index in [1.807, 2.05) is 0 Å². The molecule has 0 saturated heterocycles. The third-order valence-electron chi connectivity index (χ3n) is 2.58. The predicted octanol–water partition coefficient (Wildman–Crippen LogP) is 2.18. The highest BCUT2D eigenvalue weighted by Crippen LogP contribution is 2.21. The zero-order chi connectivity index (χ0) is 19.6. The van der Waals surface area contributed by atoms with E-state index in [4.69, 9.17) is 20.7 Å². The Morgan fingerprint density at radius 1 is 1.32 bits per heavy atom. The van der Waals surface area contributed by atoms with Gasteiger partial charge in [0.05, 0.1) is 11.0 Å². The van der Waals surface area contributed by atoms with E-state index in [0.29, 0.717) is 11.3 Å². The predicted molar refractivity (Wildman–Crippen MR) is 85.3 cm³/mol. The number of benzene rings is 1. The third-order valence-corrected chi connectivity index (χ3v) is 2.58. The maximum Gasteiger partial charge on any atom is 0.317 e. The number of carbonyl (C=O) groups excluding carboxylic acids is 1. The lowest BCUT2D eigenvalue weighted by molar-refractivity contribution is -0.385. The molecule has 1 aromatic rings. The number of aliphatic carboxylic acids is 1. The lowest BCUT2D eigenvalue weighted by Gasteiger charge is -2.06. The largest absolute Gasteiger partial charge is 0.511 e. The van der Waals surface area contributed by atoms with Crippen LogP contribution in [0.2, 0.25) is 0 Å². The summed E-state index contributed by atoms with van der Waals surface area (Å²) in [6.07, 6.45) is -0.403. The molecule has 1 amide bonds. The summed E-state index contributed by atoms with van der Waals surface area (Å²) in [5.41, 5.74) is 0.219. The van der Waals surface area contributed by atoms with Crippen molar-refractivity contribution in [3.8, 4) is 12.1 Å². The molecule has 0 heterocycles. The number of rotatable bonds is 4. The molecule has 0 atom stereocenters. The van der Waals surface area contributed by atoms with Gasteiger partial charge in [0, 0.05) is 17.3 Å². The molecule has 0 saturated carbocycles. The highest BCUT2D eigenvalue weighted by molar-refractivity contribution is 6.06. The standard InChI is InChI=1S/C12H11N3O4.C3H3NO2/c1-7-5-9(3-4-11(7)15(18)19)14-12(17)10(6-13)8(2)16;4-2-1-3(5)6/h3-5,16H,1-2H3,(H,14,17);1H2,(H,5,6). The first-order valence-corrected chi connectivity index (χ1v) is 6.59. The second-order valence-corrected chi connectivity index (χ2v) is 4.51. The number of aliphatic hydroxyl groups is 1. The number of carboxylic acids is 1. The van der Waals surface area contributed by atoms with Crippen LogP contribution in [0.3, 0.4) is 0 Å². The number of carbonyl (C=O) groups is 2.